The van der Waals surface area contributed by atoms with Gasteiger partial charge < -0.3 is 14.9 Å². The molecule has 0 heterocycles. The lowest BCUT2D eigenvalue weighted by molar-refractivity contribution is -0.137. The normalized spacial score (nSPS) is 16.8. The average Bonchev–Trinajstić information content (AvgIpc) is 2.97. The van der Waals surface area contributed by atoms with E-state index in [1.165, 1.54) is 7.11 Å². The third-order valence-electron chi connectivity index (χ3n) is 3.10. The Morgan fingerprint density at radius 3 is 2.69 bits per heavy atom. The summed E-state index contributed by atoms with van der Waals surface area (Å²) in [6.07, 6.45) is 1.61. The molecule has 2 rings (SSSR count). The standard InChI is InChI=1S/C12H14O4/c1-16-9-4-2-3-8(13)11(9)12(5-6-12)7-10(14)15/h2-4,13H,5-7H2,1H3,(H,14,15). The summed E-state index contributed by atoms with van der Waals surface area (Å²) in [6, 6.07) is 5.01. The molecule has 0 aliphatic heterocycles. The zero-order chi connectivity index (χ0) is 11.8. The monoisotopic (exact) mass is 222 g/mol. The number of phenolic OH excluding ortho intramolecular Hbond substituents is 1. The molecule has 1 aromatic rings. The Hall–Kier alpha value is -1.71. The third kappa shape index (κ3) is 1.71. The van der Waals surface area contributed by atoms with Gasteiger partial charge in [-0.1, -0.05) is 6.07 Å². The largest absolute Gasteiger partial charge is 0.508 e. The number of carbonyl (C=O) groups is 1. The number of carboxylic acids is 1. The fourth-order valence-corrected chi connectivity index (χ4v) is 2.18. The van der Waals surface area contributed by atoms with Gasteiger partial charge in [0, 0.05) is 11.0 Å². The Balaban J connectivity index is 2.43. The van der Waals surface area contributed by atoms with Crippen molar-refractivity contribution in [2.45, 2.75) is 24.7 Å². The van der Waals surface area contributed by atoms with Gasteiger partial charge in [0.15, 0.2) is 0 Å². The highest BCUT2D eigenvalue weighted by Crippen LogP contribution is 2.56. The van der Waals surface area contributed by atoms with Gasteiger partial charge in [0.05, 0.1) is 13.5 Å². The van der Waals surface area contributed by atoms with Gasteiger partial charge >= 0.3 is 5.97 Å². The quantitative estimate of drug-likeness (QED) is 0.816. The highest BCUT2D eigenvalue weighted by molar-refractivity contribution is 5.71. The van der Waals surface area contributed by atoms with Crippen molar-refractivity contribution in [3.05, 3.63) is 23.8 Å². The van der Waals surface area contributed by atoms with Crippen molar-refractivity contribution in [2.75, 3.05) is 7.11 Å². The van der Waals surface area contributed by atoms with Gasteiger partial charge in [-0.15, -0.1) is 0 Å². The predicted octanol–water partition coefficient (Wildman–Crippen LogP) is 1.91. The van der Waals surface area contributed by atoms with E-state index in [1.807, 2.05) is 0 Å². The minimum absolute atomic E-state index is 0.0426. The predicted molar refractivity (Wildman–Crippen MR) is 57.8 cm³/mol. The minimum atomic E-state index is -0.845. The van der Waals surface area contributed by atoms with Crippen LogP contribution in [0.2, 0.25) is 0 Å². The Morgan fingerprint density at radius 2 is 2.19 bits per heavy atom. The number of aliphatic carboxylic acids is 1. The molecule has 0 amide bonds. The summed E-state index contributed by atoms with van der Waals surface area (Å²) in [6.45, 7) is 0. The van der Waals surface area contributed by atoms with Gasteiger partial charge in [0.1, 0.15) is 11.5 Å². The molecule has 4 heteroatoms. The van der Waals surface area contributed by atoms with Gasteiger partial charge in [-0.3, -0.25) is 4.79 Å². The molecule has 1 aromatic carbocycles. The van der Waals surface area contributed by atoms with Crippen LogP contribution in [0.5, 0.6) is 11.5 Å². The van der Waals surface area contributed by atoms with E-state index in [1.54, 1.807) is 18.2 Å². The van der Waals surface area contributed by atoms with Crippen LogP contribution in [0.4, 0.5) is 0 Å². The van der Waals surface area contributed by atoms with Crippen molar-refractivity contribution >= 4 is 5.97 Å². The van der Waals surface area contributed by atoms with Crippen LogP contribution in [0.25, 0.3) is 0 Å². The fraction of sp³-hybridized carbons (Fsp3) is 0.417. The van der Waals surface area contributed by atoms with E-state index in [0.717, 1.165) is 12.8 Å². The van der Waals surface area contributed by atoms with Crippen LogP contribution in [-0.2, 0) is 10.2 Å². The Labute approximate surface area is 93.5 Å². The summed E-state index contributed by atoms with van der Waals surface area (Å²) in [5, 5.41) is 18.7. The van der Waals surface area contributed by atoms with Gasteiger partial charge in [-0.25, -0.2) is 0 Å². The summed E-state index contributed by atoms with van der Waals surface area (Å²) in [4.78, 5) is 10.8. The number of methoxy groups -OCH3 is 1. The molecule has 0 radical (unpaired) electrons. The molecule has 86 valence electrons. The molecule has 0 unspecified atom stereocenters. The Morgan fingerprint density at radius 1 is 1.50 bits per heavy atom. The molecule has 0 spiro atoms. The van der Waals surface area contributed by atoms with Crippen molar-refractivity contribution < 1.29 is 19.7 Å². The summed E-state index contributed by atoms with van der Waals surface area (Å²) in [5.74, 6) is -0.153. The van der Waals surface area contributed by atoms with Crippen molar-refractivity contribution in [3.63, 3.8) is 0 Å². The van der Waals surface area contributed by atoms with Crippen LogP contribution >= 0.6 is 0 Å². The lowest BCUT2D eigenvalue weighted by Gasteiger charge is -2.18. The van der Waals surface area contributed by atoms with E-state index in [4.69, 9.17) is 9.84 Å². The molecule has 0 bridgehead atoms. The van der Waals surface area contributed by atoms with Crippen LogP contribution in [0.1, 0.15) is 24.8 Å². The second kappa shape index (κ2) is 3.70. The SMILES string of the molecule is COc1cccc(O)c1C1(CC(=O)O)CC1. The third-order valence-corrected chi connectivity index (χ3v) is 3.10. The molecule has 0 atom stereocenters. The van der Waals surface area contributed by atoms with Crippen LogP contribution in [0.3, 0.4) is 0 Å². The van der Waals surface area contributed by atoms with Crippen LogP contribution < -0.4 is 4.74 Å². The van der Waals surface area contributed by atoms with Crippen molar-refractivity contribution in [1.82, 2.24) is 0 Å². The second-order valence-electron chi connectivity index (χ2n) is 4.21. The number of aromatic hydroxyl groups is 1. The number of hydrogen-bond donors (Lipinski definition) is 2. The smallest absolute Gasteiger partial charge is 0.304 e. The maximum Gasteiger partial charge on any atom is 0.304 e. The van der Waals surface area contributed by atoms with Crippen molar-refractivity contribution in [2.24, 2.45) is 0 Å². The number of rotatable bonds is 4. The van der Waals surface area contributed by atoms with Gasteiger partial charge in [-0.05, 0) is 25.0 Å². The number of phenols is 1. The fourth-order valence-electron chi connectivity index (χ4n) is 2.18. The minimum Gasteiger partial charge on any atom is -0.508 e. The first kappa shape index (κ1) is 10.8. The van der Waals surface area contributed by atoms with Gasteiger partial charge in [0.2, 0.25) is 0 Å². The zero-order valence-electron chi connectivity index (χ0n) is 9.06. The molecular formula is C12H14O4. The maximum absolute atomic E-state index is 10.8. The molecule has 1 aliphatic rings. The topological polar surface area (TPSA) is 66.8 Å². The second-order valence-corrected chi connectivity index (χ2v) is 4.21. The lowest BCUT2D eigenvalue weighted by atomic mass is 9.90. The number of carboxylic acid groups (broad SMARTS) is 1. The molecule has 4 nitrogen and oxygen atoms in total. The van der Waals surface area contributed by atoms with Crippen molar-refractivity contribution in [3.8, 4) is 11.5 Å². The van der Waals surface area contributed by atoms with Gasteiger partial charge in [-0.2, -0.15) is 0 Å². The van der Waals surface area contributed by atoms with Crippen LogP contribution in [0, 0.1) is 0 Å². The lowest BCUT2D eigenvalue weighted by Crippen LogP contribution is -2.14. The van der Waals surface area contributed by atoms with E-state index in [-0.39, 0.29) is 12.2 Å². The highest BCUT2D eigenvalue weighted by atomic mass is 16.5. The van der Waals surface area contributed by atoms with Crippen LogP contribution in [0.15, 0.2) is 18.2 Å². The van der Waals surface area contributed by atoms with E-state index in [0.29, 0.717) is 11.3 Å². The molecule has 2 N–H and O–H groups in total. The summed E-state index contributed by atoms with van der Waals surface area (Å²) in [7, 11) is 1.52. The van der Waals surface area contributed by atoms with Crippen molar-refractivity contribution in [1.29, 1.82) is 0 Å². The molecule has 1 saturated carbocycles. The number of benzene rings is 1. The molecular weight excluding hydrogens is 208 g/mol. The first-order valence-electron chi connectivity index (χ1n) is 5.17. The van der Waals surface area contributed by atoms with Gasteiger partial charge in [0.25, 0.3) is 0 Å². The first-order valence-corrected chi connectivity index (χ1v) is 5.17. The van der Waals surface area contributed by atoms with Crippen LogP contribution in [-0.4, -0.2) is 23.3 Å². The highest BCUT2D eigenvalue weighted by Gasteiger charge is 2.49. The Bertz CT molecular complexity index is 421. The molecule has 0 saturated heterocycles. The average molecular weight is 222 g/mol. The maximum atomic E-state index is 10.8. The van der Waals surface area contributed by atoms with E-state index in [9.17, 15) is 9.90 Å². The summed E-state index contributed by atoms with van der Waals surface area (Å²) >= 11 is 0. The molecule has 1 fully saturated rings. The van der Waals surface area contributed by atoms with E-state index < -0.39 is 11.4 Å². The zero-order valence-corrected chi connectivity index (χ0v) is 9.06. The summed E-state index contributed by atoms with van der Waals surface area (Å²) < 4.78 is 5.18. The number of hydrogen-bond acceptors (Lipinski definition) is 3. The summed E-state index contributed by atoms with van der Waals surface area (Å²) in [5.41, 5.74) is 0.211. The molecule has 16 heavy (non-hydrogen) atoms. The molecule has 1 aliphatic carbocycles. The van der Waals surface area contributed by atoms with E-state index >= 15 is 0 Å². The van der Waals surface area contributed by atoms with E-state index in [2.05, 4.69) is 0 Å². The first-order chi connectivity index (χ1) is 7.59. The number of ether oxygens (including phenoxy) is 1. The molecule has 0 aromatic heterocycles. The Kier molecular flexibility index (Phi) is 2.50.